The predicted molar refractivity (Wildman–Crippen MR) is 67.1 cm³/mol. The number of nitrogens with zero attached hydrogens (tertiary/aromatic N) is 2. The monoisotopic (exact) mass is 247 g/mol. The number of rotatable bonds is 2. The number of aromatic nitrogens is 1. The number of hydrogen-bond acceptors (Lipinski definition) is 3. The second-order valence-electron chi connectivity index (χ2n) is 4.64. The lowest BCUT2D eigenvalue weighted by atomic mass is 10.0. The molecule has 1 aromatic rings. The van der Waals surface area contributed by atoms with Gasteiger partial charge in [0.1, 0.15) is 5.69 Å². The predicted octanol–water partition coefficient (Wildman–Crippen LogP) is 1.20. The molecule has 2 heterocycles. The van der Waals surface area contributed by atoms with Crippen LogP contribution >= 0.6 is 0 Å². The SMILES string of the molecule is CC1CCCCN1C(=O)c1ccc(C(N)=O)cn1. The van der Waals surface area contributed by atoms with E-state index in [1.165, 1.54) is 18.7 Å². The highest BCUT2D eigenvalue weighted by molar-refractivity contribution is 5.95. The lowest BCUT2D eigenvalue weighted by Gasteiger charge is -2.33. The second kappa shape index (κ2) is 5.16. The van der Waals surface area contributed by atoms with Crippen molar-refractivity contribution >= 4 is 11.8 Å². The number of primary amides is 1. The van der Waals surface area contributed by atoms with Crippen LogP contribution in [0.25, 0.3) is 0 Å². The van der Waals surface area contributed by atoms with Crippen molar-refractivity contribution < 1.29 is 9.59 Å². The van der Waals surface area contributed by atoms with Gasteiger partial charge in [0.2, 0.25) is 5.91 Å². The zero-order valence-electron chi connectivity index (χ0n) is 10.4. The van der Waals surface area contributed by atoms with Crippen molar-refractivity contribution in [1.82, 2.24) is 9.88 Å². The van der Waals surface area contributed by atoms with E-state index in [1.807, 2.05) is 4.90 Å². The second-order valence-corrected chi connectivity index (χ2v) is 4.64. The van der Waals surface area contributed by atoms with Gasteiger partial charge in [0.05, 0.1) is 5.56 Å². The van der Waals surface area contributed by atoms with Gasteiger partial charge in [0.25, 0.3) is 5.91 Å². The molecule has 1 atom stereocenters. The van der Waals surface area contributed by atoms with E-state index in [2.05, 4.69) is 11.9 Å². The van der Waals surface area contributed by atoms with Crippen molar-refractivity contribution in [2.24, 2.45) is 5.73 Å². The summed E-state index contributed by atoms with van der Waals surface area (Å²) in [5, 5.41) is 0. The summed E-state index contributed by atoms with van der Waals surface area (Å²) in [7, 11) is 0. The van der Waals surface area contributed by atoms with Crippen LogP contribution in [0.3, 0.4) is 0 Å². The maximum absolute atomic E-state index is 12.2. The summed E-state index contributed by atoms with van der Waals surface area (Å²) in [5.74, 6) is -0.606. The van der Waals surface area contributed by atoms with E-state index in [-0.39, 0.29) is 11.9 Å². The van der Waals surface area contributed by atoms with Gasteiger partial charge in [-0.1, -0.05) is 0 Å². The topological polar surface area (TPSA) is 76.3 Å². The molecule has 1 aromatic heterocycles. The van der Waals surface area contributed by atoms with Crippen LogP contribution in [-0.2, 0) is 0 Å². The molecule has 0 aliphatic carbocycles. The van der Waals surface area contributed by atoms with E-state index in [0.29, 0.717) is 11.3 Å². The van der Waals surface area contributed by atoms with Crippen LogP contribution in [0.2, 0.25) is 0 Å². The van der Waals surface area contributed by atoms with Crippen molar-refractivity contribution in [3.8, 4) is 0 Å². The number of piperidine rings is 1. The van der Waals surface area contributed by atoms with Crippen molar-refractivity contribution in [1.29, 1.82) is 0 Å². The Morgan fingerprint density at radius 3 is 2.72 bits per heavy atom. The Hall–Kier alpha value is -1.91. The quantitative estimate of drug-likeness (QED) is 0.853. The van der Waals surface area contributed by atoms with Crippen LogP contribution in [0.5, 0.6) is 0 Å². The normalized spacial score (nSPS) is 19.6. The van der Waals surface area contributed by atoms with Crippen molar-refractivity contribution in [3.63, 3.8) is 0 Å². The number of amides is 2. The molecule has 1 unspecified atom stereocenters. The van der Waals surface area contributed by atoms with Gasteiger partial charge in [-0.05, 0) is 38.3 Å². The molecule has 5 nitrogen and oxygen atoms in total. The zero-order valence-corrected chi connectivity index (χ0v) is 10.4. The summed E-state index contributed by atoms with van der Waals surface area (Å²) >= 11 is 0. The minimum Gasteiger partial charge on any atom is -0.366 e. The number of carbonyl (C=O) groups is 2. The molecule has 0 aromatic carbocycles. The highest BCUT2D eigenvalue weighted by atomic mass is 16.2. The van der Waals surface area contributed by atoms with Crippen molar-refractivity contribution in [3.05, 3.63) is 29.6 Å². The number of nitrogens with two attached hydrogens (primary N) is 1. The average molecular weight is 247 g/mol. The first-order valence-electron chi connectivity index (χ1n) is 6.16. The third kappa shape index (κ3) is 2.50. The minimum atomic E-state index is -0.534. The zero-order chi connectivity index (χ0) is 13.1. The molecule has 18 heavy (non-hydrogen) atoms. The van der Waals surface area contributed by atoms with Crippen molar-refractivity contribution in [2.75, 3.05) is 6.54 Å². The first-order valence-corrected chi connectivity index (χ1v) is 6.16. The molecule has 1 aliphatic rings. The lowest BCUT2D eigenvalue weighted by Crippen LogP contribution is -2.42. The summed E-state index contributed by atoms with van der Waals surface area (Å²) in [5.41, 5.74) is 5.82. The Balaban J connectivity index is 2.15. The molecule has 0 bridgehead atoms. The van der Waals surface area contributed by atoms with Gasteiger partial charge in [0, 0.05) is 18.8 Å². The standard InChI is InChI=1S/C13H17N3O2/c1-9-4-2-3-7-16(9)13(18)11-6-5-10(8-15-11)12(14)17/h5-6,8-9H,2-4,7H2,1H3,(H2,14,17). The molecule has 5 heteroatoms. The van der Waals surface area contributed by atoms with E-state index in [0.717, 1.165) is 19.4 Å². The Labute approximate surface area is 106 Å². The molecule has 2 amide bonds. The van der Waals surface area contributed by atoms with E-state index in [1.54, 1.807) is 6.07 Å². The Kier molecular flexibility index (Phi) is 3.60. The molecular weight excluding hydrogens is 230 g/mol. The van der Waals surface area contributed by atoms with E-state index >= 15 is 0 Å². The lowest BCUT2D eigenvalue weighted by molar-refractivity contribution is 0.0629. The Morgan fingerprint density at radius 2 is 2.17 bits per heavy atom. The van der Waals surface area contributed by atoms with Gasteiger partial charge < -0.3 is 10.6 Å². The highest BCUT2D eigenvalue weighted by Crippen LogP contribution is 2.18. The van der Waals surface area contributed by atoms with Gasteiger partial charge in [0.15, 0.2) is 0 Å². The molecule has 0 saturated carbocycles. The molecule has 1 saturated heterocycles. The number of carbonyl (C=O) groups excluding carboxylic acids is 2. The van der Waals surface area contributed by atoms with Gasteiger partial charge in [-0.15, -0.1) is 0 Å². The fourth-order valence-corrected chi connectivity index (χ4v) is 2.21. The molecule has 96 valence electrons. The largest absolute Gasteiger partial charge is 0.366 e. The van der Waals surface area contributed by atoms with Crippen LogP contribution in [0, 0.1) is 0 Å². The molecule has 2 rings (SSSR count). The number of hydrogen-bond donors (Lipinski definition) is 1. The van der Waals surface area contributed by atoms with Gasteiger partial charge >= 0.3 is 0 Å². The molecule has 0 spiro atoms. The maximum atomic E-state index is 12.2. The first kappa shape index (κ1) is 12.5. The minimum absolute atomic E-state index is 0.0711. The third-order valence-electron chi connectivity index (χ3n) is 3.33. The Bertz CT molecular complexity index is 456. The van der Waals surface area contributed by atoms with Gasteiger partial charge in [-0.2, -0.15) is 0 Å². The smallest absolute Gasteiger partial charge is 0.272 e. The van der Waals surface area contributed by atoms with Crippen LogP contribution in [0.1, 0.15) is 47.0 Å². The summed E-state index contributed by atoms with van der Waals surface area (Å²) in [6.45, 7) is 2.83. The van der Waals surface area contributed by atoms with Gasteiger partial charge in [-0.3, -0.25) is 14.6 Å². The highest BCUT2D eigenvalue weighted by Gasteiger charge is 2.24. The van der Waals surface area contributed by atoms with E-state index in [9.17, 15) is 9.59 Å². The summed E-state index contributed by atoms with van der Waals surface area (Å²) in [6, 6.07) is 3.35. The molecular formula is C13H17N3O2. The Morgan fingerprint density at radius 1 is 1.39 bits per heavy atom. The summed E-state index contributed by atoms with van der Waals surface area (Å²) in [6.07, 6.45) is 4.59. The molecule has 1 fully saturated rings. The number of likely N-dealkylation sites (tertiary alicyclic amines) is 1. The fourth-order valence-electron chi connectivity index (χ4n) is 2.21. The van der Waals surface area contributed by atoms with Crippen LogP contribution < -0.4 is 5.73 Å². The molecule has 2 N–H and O–H groups in total. The maximum Gasteiger partial charge on any atom is 0.272 e. The van der Waals surface area contributed by atoms with Gasteiger partial charge in [-0.25, -0.2) is 0 Å². The fraction of sp³-hybridized carbons (Fsp3) is 0.462. The number of pyridine rings is 1. The van der Waals surface area contributed by atoms with Crippen LogP contribution in [0.15, 0.2) is 18.3 Å². The first-order chi connectivity index (χ1) is 8.59. The third-order valence-corrected chi connectivity index (χ3v) is 3.33. The molecule has 1 aliphatic heterocycles. The van der Waals surface area contributed by atoms with Crippen molar-refractivity contribution in [2.45, 2.75) is 32.2 Å². The van der Waals surface area contributed by atoms with E-state index < -0.39 is 5.91 Å². The molecule has 0 radical (unpaired) electrons. The van der Waals surface area contributed by atoms with Crippen LogP contribution in [-0.4, -0.2) is 34.3 Å². The van der Waals surface area contributed by atoms with Crippen LogP contribution in [0.4, 0.5) is 0 Å². The summed E-state index contributed by atoms with van der Waals surface area (Å²) < 4.78 is 0. The average Bonchev–Trinajstić information content (AvgIpc) is 2.38. The van der Waals surface area contributed by atoms with E-state index in [4.69, 9.17) is 5.73 Å². The summed E-state index contributed by atoms with van der Waals surface area (Å²) in [4.78, 5) is 29.0.